The van der Waals surface area contributed by atoms with Crippen LogP contribution in [0.25, 0.3) is 0 Å². The summed E-state index contributed by atoms with van der Waals surface area (Å²) in [4.78, 5) is 16.4. The molecule has 0 fully saturated rings. The molecule has 1 aromatic rings. The van der Waals surface area contributed by atoms with Crippen molar-refractivity contribution in [3.05, 3.63) is 5.82 Å². The SMILES string of the molecule is CCCNC(C)(CCCSc1nc(CC)ns1)C(=O)OC. The number of carbonyl (C=O) groups is 1. The van der Waals surface area contributed by atoms with E-state index in [-0.39, 0.29) is 5.97 Å². The number of hydrogen-bond acceptors (Lipinski definition) is 7. The highest BCUT2D eigenvalue weighted by molar-refractivity contribution is 8.00. The minimum absolute atomic E-state index is 0.190. The Balaban J connectivity index is 2.40. The van der Waals surface area contributed by atoms with Gasteiger partial charge in [0.1, 0.15) is 11.4 Å². The maximum Gasteiger partial charge on any atom is 0.325 e. The van der Waals surface area contributed by atoms with Crippen molar-refractivity contribution in [1.29, 1.82) is 0 Å². The first-order valence-electron chi connectivity index (χ1n) is 7.34. The van der Waals surface area contributed by atoms with Gasteiger partial charge in [-0.1, -0.05) is 25.6 Å². The lowest BCUT2D eigenvalue weighted by molar-refractivity contribution is -0.148. The average molecular weight is 332 g/mol. The molecule has 0 saturated heterocycles. The normalized spacial score (nSPS) is 13.9. The minimum Gasteiger partial charge on any atom is -0.468 e. The molecule has 21 heavy (non-hydrogen) atoms. The Morgan fingerprint density at radius 2 is 2.24 bits per heavy atom. The van der Waals surface area contributed by atoms with Crippen LogP contribution in [-0.2, 0) is 16.0 Å². The third-order valence-electron chi connectivity index (χ3n) is 3.21. The zero-order valence-corrected chi connectivity index (χ0v) is 14.9. The summed E-state index contributed by atoms with van der Waals surface area (Å²) in [5.41, 5.74) is -0.596. The number of methoxy groups -OCH3 is 1. The first-order chi connectivity index (χ1) is 10.1. The Kier molecular flexibility index (Phi) is 8.21. The highest BCUT2D eigenvalue weighted by Crippen LogP contribution is 2.23. The fourth-order valence-corrected chi connectivity index (χ4v) is 3.62. The Morgan fingerprint density at radius 1 is 1.48 bits per heavy atom. The third kappa shape index (κ3) is 5.92. The van der Waals surface area contributed by atoms with Gasteiger partial charge in [0.15, 0.2) is 4.34 Å². The van der Waals surface area contributed by atoms with Crippen molar-refractivity contribution in [2.45, 2.75) is 56.3 Å². The van der Waals surface area contributed by atoms with E-state index in [0.29, 0.717) is 0 Å². The molecule has 120 valence electrons. The van der Waals surface area contributed by atoms with Crippen LogP contribution in [0.3, 0.4) is 0 Å². The van der Waals surface area contributed by atoms with Gasteiger partial charge in [-0.2, -0.15) is 4.37 Å². The highest BCUT2D eigenvalue weighted by Gasteiger charge is 2.32. The molecular weight excluding hydrogens is 306 g/mol. The number of aromatic nitrogens is 2. The number of thioether (sulfide) groups is 1. The van der Waals surface area contributed by atoms with Gasteiger partial charge in [-0.25, -0.2) is 4.98 Å². The number of esters is 1. The maximum absolute atomic E-state index is 11.9. The molecule has 0 radical (unpaired) electrons. The summed E-state index contributed by atoms with van der Waals surface area (Å²) in [6.07, 6.45) is 3.55. The summed E-state index contributed by atoms with van der Waals surface area (Å²) in [6.45, 7) is 6.87. The molecule has 0 aliphatic heterocycles. The number of nitrogens with zero attached hydrogens (tertiary/aromatic N) is 2. The summed E-state index contributed by atoms with van der Waals surface area (Å²) in [5.74, 6) is 1.65. The molecule has 1 rings (SSSR count). The van der Waals surface area contributed by atoms with Gasteiger partial charge in [0.05, 0.1) is 7.11 Å². The van der Waals surface area contributed by atoms with Crippen LogP contribution in [0.5, 0.6) is 0 Å². The Bertz CT molecular complexity index is 440. The zero-order chi connectivity index (χ0) is 15.7. The van der Waals surface area contributed by atoms with E-state index >= 15 is 0 Å². The van der Waals surface area contributed by atoms with E-state index in [1.54, 1.807) is 11.8 Å². The quantitative estimate of drug-likeness (QED) is 0.404. The Labute approximate surface area is 135 Å². The van der Waals surface area contributed by atoms with Crippen molar-refractivity contribution in [3.8, 4) is 0 Å². The molecule has 0 amide bonds. The standard InChI is InChI=1S/C14H25N3O2S2/c1-5-9-15-14(3,12(18)19-4)8-7-10-20-13-16-11(6-2)17-21-13/h15H,5-10H2,1-4H3. The highest BCUT2D eigenvalue weighted by atomic mass is 32.2. The van der Waals surface area contributed by atoms with Crippen molar-refractivity contribution in [2.75, 3.05) is 19.4 Å². The largest absolute Gasteiger partial charge is 0.468 e. The summed E-state index contributed by atoms with van der Waals surface area (Å²) >= 11 is 3.16. The van der Waals surface area contributed by atoms with Crippen molar-refractivity contribution in [1.82, 2.24) is 14.7 Å². The fourth-order valence-electron chi connectivity index (χ4n) is 1.91. The van der Waals surface area contributed by atoms with E-state index in [1.807, 2.05) is 6.92 Å². The van der Waals surface area contributed by atoms with Crippen LogP contribution < -0.4 is 5.32 Å². The maximum atomic E-state index is 11.9. The molecule has 7 heteroatoms. The van der Waals surface area contributed by atoms with Gasteiger partial charge < -0.3 is 10.1 Å². The van der Waals surface area contributed by atoms with Crippen molar-refractivity contribution < 1.29 is 9.53 Å². The number of ether oxygens (including phenoxy) is 1. The summed E-state index contributed by atoms with van der Waals surface area (Å²) < 4.78 is 10.2. The van der Waals surface area contributed by atoms with E-state index in [2.05, 4.69) is 28.5 Å². The average Bonchev–Trinajstić information content (AvgIpc) is 2.96. The fraction of sp³-hybridized carbons (Fsp3) is 0.786. The van der Waals surface area contributed by atoms with Crippen LogP contribution in [0.4, 0.5) is 0 Å². The lowest BCUT2D eigenvalue weighted by Crippen LogP contribution is -2.50. The first kappa shape index (κ1) is 18.4. The van der Waals surface area contributed by atoms with Gasteiger partial charge in [-0.05, 0) is 44.3 Å². The van der Waals surface area contributed by atoms with Gasteiger partial charge in [0, 0.05) is 12.2 Å². The molecule has 1 atom stereocenters. The van der Waals surface area contributed by atoms with Crippen LogP contribution >= 0.6 is 23.3 Å². The van der Waals surface area contributed by atoms with Crippen LogP contribution in [0, 0.1) is 0 Å². The summed E-state index contributed by atoms with van der Waals surface area (Å²) in [7, 11) is 1.44. The van der Waals surface area contributed by atoms with Crippen LogP contribution in [0.1, 0.15) is 45.9 Å². The molecule has 1 aromatic heterocycles. The Morgan fingerprint density at radius 3 is 2.81 bits per heavy atom. The molecule has 1 unspecified atom stereocenters. The third-order valence-corrected chi connectivity index (χ3v) is 5.17. The van der Waals surface area contributed by atoms with E-state index in [4.69, 9.17) is 4.74 Å². The van der Waals surface area contributed by atoms with Gasteiger partial charge in [0.2, 0.25) is 0 Å². The number of carbonyl (C=O) groups excluding carboxylic acids is 1. The zero-order valence-electron chi connectivity index (χ0n) is 13.3. The summed E-state index contributed by atoms with van der Waals surface area (Å²) in [6, 6.07) is 0. The molecule has 0 saturated carbocycles. The molecule has 0 aromatic carbocycles. The molecule has 0 aliphatic rings. The van der Waals surface area contributed by atoms with E-state index in [0.717, 1.165) is 48.1 Å². The van der Waals surface area contributed by atoms with Crippen molar-refractivity contribution in [2.24, 2.45) is 0 Å². The molecule has 0 spiro atoms. The molecule has 0 bridgehead atoms. The molecule has 1 N–H and O–H groups in total. The Hall–Kier alpha value is -0.660. The minimum atomic E-state index is -0.596. The lowest BCUT2D eigenvalue weighted by atomic mass is 9.96. The summed E-state index contributed by atoms with van der Waals surface area (Å²) in [5, 5.41) is 3.30. The second-order valence-corrected chi connectivity index (χ2v) is 7.13. The lowest BCUT2D eigenvalue weighted by Gasteiger charge is -2.27. The monoisotopic (exact) mass is 331 g/mol. The number of aryl methyl sites for hydroxylation is 1. The van der Waals surface area contributed by atoms with E-state index in [9.17, 15) is 4.79 Å². The van der Waals surface area contributed by atoms with Crippen molar-refractivity contribution in [3.63, 3.8) is 0 Å². The molecule has 1 heterocycles. The van der Waals surface area contributed by atoms with Gasteiger partial charge in [0.25, 0.3) is 0 Å². The molecule has 0 aliphatic carbocycles. The van der Waals surface area contributed by atoms with Gasteiger partial charge in [-0.15, -0.1) is 0 Å². The van der Waals surface area contributed by atoms with Gasteiger partial charge >= 0.3 is 5.97 Å². The number of nitrogens with one attached hydrogen (secondary N) is 1. The second kappa shape index (κ2) is 9.38. The van der Waals surface area contributed by atoms with Crippen LogP contribution in [-0.4, -0.2) is 40.3 Å². The first-order valence-corrected chi connectivity index (χ1v) is 9.10. The predicted molar refractivity (Wildman–Crippen MR) is 88.0 cm³/mol. The topological polar surface area (TPSA) is 64.1 Å². The van der Waals surface area contributed by atoms with E-state index in [1.165, 1.54) is 18.6 Å². The number of hydrogen-bond donors (Lipinski definition) is 1. The predicted octanol–water partition coefficient (Wildman–Crippen LogP) is 2.90. The van der Waals surface area contributed by atoms with Gasteiger partial charge in [-0.3, -0.25) is 4.79 Å². The molecule has 5 nitrogen and oxygen atoms in total. The second-order valence-electron chi connectivity index (χ2n) is 5.03. The number of rotatable bonds is 10. The smallest absolute Gasteiger partial charge is 0.325 e. The van der Waals surface area contributed by atoms with Crippen LogP contribution in [0.2, 0.25) is 0 Å². The van der Waals surface area contributed by atoms with E-state index < -0.39 is 5.54 Å². The van der Waals surface area contributed by atoms with Crippen molar-refractivity contribution >= 4 is 29.3 Å². The van der Waals surface area contributed by atoms with Crippen LogP contribution in [0.15, 0.2) is 4.34 Å². The molecular formula is C14H25N3O2S2.